The number of nitrogen functional groups attached to an aromatic ring is 1. The van der Waals surface area contributed by atoms with Gasteiger partial charge in [0.1, 0.15) is 0 Å². The maximum atomic E-state index is 11.8. The Hall–Kier alpha value is -1.71. The van der Waals surface area contributed by atoms with E-state index in [9.17, 15) is 4.79 Å². The van der Waals surface area contributed by atoms with Crippen LogP contribution < -0.4 is 16.0 Å². The largest absolute Gasteiger partial charge is 0.399 e. The Morgan fingerprint density at radius 3 is 2.75 bits per heavy atom. The van der Waals surface area contributed by atoms with Crippen LogP contribution in [0.2, 0.25) is 0 Å². The van der Waals surface area contributed by atoms with Crippen LogP contribution in [-0.4, -0.2) is 19.1 Å². The molecule has 0 aromatic heterocycles. The molecule has 88 valence electrons. The molecule has 0 aliphatic rings. The summed E-state index contributed by atoms with van der Waals surface area (Å²) < 4.78 is 0. The molecule has 4 nitrogen and oxygen atoms in total. The number of hydrogen-bond donors (Lipinski definition) is 2. The van der Waals surface area contributed by atoms with E-state index in [1.165, 1.54) is 0 Å². The van der Waals surface area contributed by atoms with Crippen LogP contribution in [-0.2, 0) is 0 Å². The zero-order valence-electron chi connectivity index (χ0n) is 9.86. The molecule has 16 heavy (non-hydrogen) atoms. The Bertz CT molecular complexity index is 352. The SMILES string of the molecule is CCCNC(=O)N(CC)c1cccc(N)c1. The first-order valence-electron chi connectivity index (χ1n) is 5.60. The Morgan fingerprint density at radius 2 is 2.19 bits per heavy atom. The number of rotatable bonds is 4. The normalized spacial score (nSPS) is 9.88. The highest BCUT2D eigenvalue weighted by atomic mass is 16.2. The molecular weight excluding hydrogens is 202 g/mol. The quantitative estimate of drug-likeness (QED) is 0.766. The van der Waals surface area contributed by atoms with Crippen molar-refractivity contribution >= 4 is 17.4 Å². The fraction of sp³-hybridized carbons (Fsp3) is 0.417. The van der Waals surface area contributed by atoms with E-state index in [-0.39, 0.29) is 6.03 Å². The van der Waals surface area contributed by atoms with Gasteiger partial charge in [-0.05, 0) is 31.5 Å². The van der Waals surface area contributed by atoms with Crippen LogP contribution in [0, 0.1) is 0 Å². The monoisotopic (exact) mass is 221 g/mol. The summed E-state index contributed by atoms with van der Waals surface area (Å²) >= 11 is 0. The predicted molar refractivity (Wildman–Crippen MR) is 67.6 cm³/mol. The van der Waals surface area contributed by atoms with Crippen molar-refractivity contribution in [1.29, 1.82) is 0 Å². The molecule has 0 fully saturated rings. The number of carbonyl (C=O) groups excluding carboxylic acids is 1. The van der Waals surface area contributed by atoms with Gasteiger partial charge in [-0.25, -0.2) is 4.79 Å². The van der Waals surface area contributed by atoms with Gasteiger partial charge in [-0.3, -0.25) is 4.90 Å². The van der Waals surface area contributed by atoms with Crippen molar-refractivity contribution in [1.82, 2.24) is 5.32 Å². The highest BCUT2D eigenvalue weighted by molar-refractivity contribution is 5.92. The van der Waals surface area contributed by atoms with Gasteiger partial charge in [0.25, 0.3) is 0 Å². The number of hydrogen-bond acceptors (Lipinski definition) is 2. The van der Waals surface area contributed by atoms with Gasteiger partial charge < -0.3 is 11.1 Å². The van der Waals surface area contributed by atoms with E-state index in [1.54, 1.807) is 17.0 Å². The van der Waals surface area contributed by atoms with Crippen molar-refractivity contribution in [3.63, 3.8) is 0 Å². The molecule has 0 heterocycles. The molecule has 0 aliphatic heterocycles. The third kappa shape index (κ3) is 3.15. The summed E-state index contributed by atoms with van der Waals surface area (Å²) in [5, 5.41) is 2.85. The Balaban J connectivity index is 2.77. The molecule has 2 amide bonds. The second-order valence-electron chi connectivity index (χ2n) is 3.57. The minimum atomic E-state index is -0.0741. The summed E-state index contributed by atoms with van der Waals surface area (Å²) in [5.74, 6) is 0. The Morgan fingerprint density at radius 1 is 1.44 bits per heavy atom. The maximum Gasteiger partial charge on any atom is 0.321 e. The summed E-state index contributed by atoms with van der Waals surface area (Å²) in [5.41, 5.74) is 7.19. The van der Waals surface area contributed by atoms with Crippen molar-refractivity contribution in [2.24, 2.45) is 0 Å². The van der Waals surface area contributed by atoms with Crippen LogP contribution in [0.25, 0.3) is 0 Å². The topological polar surface area (TPSA) is 58.4 Å². The lowest BCUT2D eigenvalue weighted by molar-refractivity contribution is 0.246. The average molecular weight is 221 g/mol. The van der Waals surface area contributed by atoms with E-state index in [0.29, 0.717) is 18.8 Å². The minimum Gasteiger partial charge on any atom is -0.399 e. The lowest BCUT2D eigenvalue weighted by Crippen LogP contribution is -2.40. The van der Waals surface area contributed by atoms with Gasteiger partial charge in [0, 0.05) is 24.5 Å². The van der Waals surface area contributed by atoms with Crippen LogP contribution in [0.1, 0.15) is 20.3 Å². The van der Waals surface area contributed by atoms with Gasteiger partial charge in [-0.15, -0.1) is 0 Å². The summed E-state index contributed by atoms with van der Waals surface area (Å²) in [4.78, 5) is 13.5. The highest BCUT2D eigenvalue weighted by Crippen LogP contribution is 2.17. The molecule has 4 heteroatoms. The second-order valence-corrected chi connectivity index (χ2v) is 3.57. The van der Waals surface area contributed by atoms with Gasteiger partial charge >= 0.3 is 6.03 Å². The summed E-state index contributed by atoms with van der Waals surface area (Å²) in [6, 6.07) is 7.26. The van der Waals surface area contributed by atoms with Crippen molar-refractivity contribution in [2.45, 2.75) is 20.3 Å². The fourth-order valence-corrected chi connectivity index (χ4v) is 1.46. The molecular formula is C12H19N3O. The van der Waals surface area contributed by atoms with E-state index < -0.39 is 0 Å². The van der Waals surface area contributed by atoms with E-state index >= 15 is 0 Å². The molecule has 0 bridgehead atoms. The minimum absolute atomic E-state index is 0.0741. The van der Waals surface area contributed by atoms with Gasteiger partial charge in [0.15, 0.2) is 0 Å². The summed E-state index contributed by atoms with van der Waals surface area (Å²) in [6.45, 7) is 5.28. The predicted octanol–water partition coefficient (Wildman–Crippen LogP) is 2.21. The molecule has 0 atom stereocenters. The molecule has 0 unspecified atom stereocenters. The van der Waals surface area contributed by atoms with E-state index in [1.807, 2.05) is 26.0 Å². The van der Waals surface area contributed by atoms with Gasteiger partial charge in [0.05, 0.1) is 0 Å². The first-order valence-corrected chi connectivity index (χ1v) is 5.60. The highest BCUT2D eigenvalue weighted by Gasteiger charge is 2.12. The smallest absolute Gasteiger partial charge is 0.321 e. The molecule has 1 aromatic rings. The summed E-state index contributed by atoms with van der Waals surface area (Å²) in [7, 11) is 0. The number of urea groups is 1. The average Bonchev–Trinajstić information content (AvgIpc) is 2.27. The number of nitrogens with zero attached hydrogens (tertiary/aromatic N) is 1. The molecule has 0 saturated heterocycles. The van der Waals surface area contributed by atoms with Crippen molar-refractivity contribution in [2.75, 3.05) is 23.7 Å². The van der Waals surface area contributed by atoms with Crippen LogP contribution in [0.3, 0.4) is 0 Å². The lowest BCUT2D eigenvalue weighted by Gasteiger charge is -2.21. The third-order valence-corrected chi connectivity index (χ3v) is 2.27. The Kier molecular flexibility index (Phi) is 4.64. The molecule has 3 N–H and O–H groups in total. The standard InChI is InChI=1S/C12H19N3O/c1-3-8-14-12(16)15(4-2)11-7-5-6-10(13)9-11/h5-7,9H,3-4,8,13H2,1-2H3,(H,14,16). The van der Waals surface area contributed by atoms with Crippen LogP contribution >= 0.6 is 0 Å². The number of nitrogens with two attached hydrogens (primary N) is 1. The van der Waals surface area contributed by atoms with Crippen LogP contribution in [0.4, 0.5) is 16.2 Å². The molecule has 0 saturated carbocycles. The number of benzene rings is 1. The van der Waals surface area contributed by atoms with E-state index in [4.69, 9.17) is 5.73 Å². The number of amides is 2. The molecule has 0 spiro atoms. The van der Waals surface area contributed by atoms with E-state index in [2.05, 4.69) is 5.32 Å². The molecule has 0 radical (unpaired) electrons. The van der Waals surface area contributed by atoms with Crippen molar-refractivity contribution in [3.05, 3.63) is 24.3 Å². The number of nitrogens with one attached hydrogen (secondary N) is 1. The van der Waals surface area contributed by atoms with E-state index in [0.717, 1.165) is 12.1 Å². The van der Waals surface area contributed by atoms with Crippen molar-refractivity contribution in [3.8, 4) is 0 Å². The Labute approximate surface area is 96.4 Å². The second kappa shape index (κ2) is 6.00. The maximum absolute atomic E-state index is 11.8. The van der Waals surface area contributed by atoms with Gasteiger partial charge in [-0.2, -0.15) is 0 Å². The van der Waals surface area contributed by atoms with Crippen LogP contribution in [0.15, 0.2) is 24.3 Å². The number of carbonyl (C=O) groups is 1. The summed E-state index contributed by atoms with van der Waals surface area (Å²) in [6.07, 6.45) is 0.931. The third-order valence-electron chi connectivity index (χ3n) is 2.27. The van der Waals surface area contributed by atoms with Crippen LogP contribution in [0.5, 0.6) is 0 Å². The van der Waals surface area contributed by atoms with Gasteiger partial charge in [0.2, 0.25) is 0 Å². The molecule has 0 aliphatic carbocycles. The molecule has 1 rings (SSSR count). The number of anilines is 2. The molecule has 1 aromatic carbocycles. The zero-order valence-corrected chi connectivity index (χ0v) is 9.86. The first kappa shape index (κ1) is 12.4. The first-order chi connectivity index (χ1) is 7.69. The van der Waals surface area contributed by atoms with Crippen molar-refractivity contribution < 1.29 is 4.79 Å². The van der Waals surface area contributed by atoms with Gasteiger partial charge in [-0.1, -0.05) is 13.0 Å². The zero-order chi connectivity index (χ0) is 12.0. The fourth-order valence-electron chi connectivity index (χ4n) is 1.46. The lowest BCUT2D eigenvalue weighted by atomic mass is 10.2.